The maximum Gasteiger partial charge on any atom is 0.291 e. The quantitative estimate of drug-likeness (QED) is 0.534. The monoisotopic (exact) mass is 404 g/mol. The predicted octanol–water partition coefficient (Wildman–Crippen LogP) is 1.95. The van der Waals surface area contributed by atoms with Gasteiger partial charge < -0.3 is 5.32 Å². The number of nitrogens with zero attached hydrogens (tertiary/aromatic N) is 6. The molecule has 4 aromatic rings. The van der Waals surface area contributed by atoms with Crippen molar-refractivity contribution in [1.29, 1.82) is 0 Å². The Balaban J connectivity index is 1.34. The van der Waals surface area contributed by atoms with Gasteiger partial charge in [0.2, 0.25) is 5.82 Å². The third-order valence-electron chi connectivity index (χ3n) is 4.56. The first kappa shape index (κ1) is 17.6. The molecule has 10 heteroatoms. The molecule has 0 bridgehead atoms. The minimum absolute atomic E-state index is 0.0988. The molecule has 29 heavy (non-hydrogen) atoms. The summed E-state index contributed by atoms with van der Waals surface area (Å²) in [6.07, 6.45) is 0.577. The molecule has 0 unspecified atom stereocenters. The van der Waals surface area contributed by atoms with Crippen LogP contribution in [0, 0.1) is 0 Å². The lowest BCUT2D eigenvalue weighted by atomic mass is 10.1. The summed E-state index contributed by atoms with van der Waals surface area (Å²) in [6.45, 7) is 0. The fraction of sp³-hybridized carbons (Fsp3) is 0.158. The van der Waals surface area contributed by atoms with E-state index in [-0.39, 0.29) is 17.8 Å². The third-order valence-corrected chi connectivity index (χ3v) is 5.72. The summed E-state index contributed by atoms with van der Waals surface area (Å²) in [7, 11) is 0. The van der Waals surface area contributed by atoms with E-state index in [1.165, 1.54) is 0 Å². The van der Waals surface area contributed by atoms with Crippen LogP contribution in [0.25, 0.3) is 5.69 Å². The van der Waals surface area contributed by atoms with E-state index in [2.05, 4.69) is 36.0 Å². The number of carbonyl (C=O) groups excluding carboxylic acids is 1. The second kappa shape index (κ2) is 7.47. The second-order valence-electron chi connectivity index (χ2n) is 6.52. The molecule has 0 aliphatic carbocycles. The lowest BCUT2D eigenvalue weighted by Crippen LogP contribution is -2.32. The average molecular weight is 404 g/mol. The van der Waals surface area contributed by atoms with Gasteiger partial charge in [0.25, 0.3) is 5.91 Å². The van der Waals surface area contributed by atoms with E-state index in [1.54, 1.807) is 16.4 Å². The lowest BCUT2D eigenvalue weighted by molar-refractivity contribution is 0.0928. The number of fused-ring (bicyclic) bond motifs is 3. The SMILES string of the molecule is O=C(N[C@H]1CSc2ccccc2-n2nnnc21)c1n[nH]c(Cc2ccccc2)n1. The number of tetrazole rings is 1. The Morgan fingerprint density at radius 2 is 2.00 bits per heavy atom. The van der Waals surface area contributed by atoms with Crippen LogP contribution >= 0.6 is 11.8 Å². The zero-order valence-corrected chi connectivity index (χ0v) is 16.0. The predicted molar refractivity (Wildman–Crippen MR) is 106 cm³/mol. The van der Waals surface area contributed by atoms with Crippen molar-refractivity contribution in [2.75, 3.05) is 5.75 Å². The summed E-state index contributed by atoms with van der Waals surface area (Å²) in [5, 5.41) is 21.9. The van der Waals surface area contributed by atoms with Crippen LogP contribution in [-0.2, 0) is 6.42 Å². The van der Waals surface area contributed by atoms with Crippen molar-refractivity contribution in [3.05, 3.63) is 77.6 Å². The molecule has 144 valence electrons. The van der Waals surface area contributed by atoms with Crippen LogP contribution in [-0.4, -0.2) is 47.0 Å². The molecule has 0 radical (unpaired) electrons. The summed E-state index contributed by atoms with van der Waals surface area (Å²) in [6, 6.07) is 17.4. The number of hydrogen-bond acceptors (Lipinski definition) is 7. The molecule has 1 atom stereocenters. The molecule has 1 aliphatic heterocycles. The van der Waals surface area contributed by atoms with Gasteiger partial charge in [-0.2, -0.15) is 4.68 Å². The van der Waals surface area contributed by atoms with Gasteiger partial charge in [-0.1, -0.05) is 42.5 Å². The number of rotatable bonds is 4. The smallest absolute Gasteiger partial charge is 0.291 e. The first-order chi connectivity index (χ1) is 14.3. The lowest BCUT2D eigenvalue weighted by Gasteiger charge is -2.13. The fourth-order valence-electron chi connectivity index (χ4n) is 3.18. The van der Waals surface area contributed by atoms with E-state index >= 15 is 0 Å². The summed E-state index contributed by atoms with van der Waals surface area (Å²) in [5.74, 6) is 1.54. The fourth-order valence-corrected chi connectivity index (χ4v) is 4.23. The number of H-pyrrole nitrogens is 1. The Morgan fingerprint density at radius 1 is 1.17 bits per heavy atom. The molecule has 5 rings (SSSR count). The standard InChI is InChI=1S/C19H16N8OS/c28-19(17-21-16(22-23-17)10-12-6-2-1-3-7-12)20-13-11-29-15-9-5-4-8-14(15)27-18(13)24-25-26-27/h1-9,13H,10-11H2,(H,20,28)(H,21,22,23)/t13-/m0/s1. The Bertz CT molecular complexity index is 1160. The highest BCUT2D eigenvalue weighted by atomic mass is 32.2. The van der Waals surface area contributed by atoms with Gasteiger partial charge >= 0.3 is 0 Å². The van der Waals surface area contributed by atoms with Gasteiger partial charge in [-0.25, -0.2) is 4.98 Å². The van der Waals surface area contributed by atoms with Crippen LogP contribution < -0.4 is 5.32 Å². The third kappa shape index (κ3) is 3.49. The molecule has 2 aromatic carbocycles. The van der Waals surface area contributed by atoms with Crippen LogP contribution in [0.1, 0.15) is 33.9 Å². The van der Waals surface area contributed by atoms with Gasteiger partial charge in [0, 0.05) is 17.1 Å². The van der Waals surface area contributed by atoms with Crippen molar-refractivity contribution in [2.24, 2.45) is 0 Å². The van der Waals surface area contributed by atoms with Gasteiger partial charge in [-0.15, -0.1) is 22.0 Å². The highest BCUT2D eigenvalue weighted by Crippen LogP contribution is 2.33. The van der Waals surface area contributed by atoms with E-state index < -0.39 is 0 Å². The molecule has 0 spiro atoms. The molecule has 1 aliphatic rings. The van der Waals surface area contributed by atoms with Crippen LogP contribution in [0.15, 0.2) is 59.5 Å². The van der Waals surface area contributed by atoms with Gasteiger partial charge in [0.05, 0.1) is 5.69 Å². The Morgan fingerprint density at radius 3 is 2.90 bits per heavy atom. The number of benzene rings is 2. The number of hydrogen-bond donors (Lipinski definition) is 2. The molecule has 0 saturated heterocycles. The van der Waals surface area contributed by atoms with Crippen LogP contribution in [0.2, 0.25) is 0 Å². The largest absolute Gasteiger partial charge is 0.338 e. The molecule has 0 fully saturated rings. The van der Waals surface area contributed by atoms with Crippen molar-refractivity contribution in [1.82, 2.24) is 40.7 Å². The molecule has 3 heterocycles. The van der Waals surface area contributed by atoms with Crippen molar-refractivity contribution in [3.8, 4) is 5.69 Å². The minimum atomic E-state index is -0.369. The van der Waals surface area contributed by atoms with E-state index in [4.69, 9.17) is 0 Å². The van der Waals surface area contributed by atoms with Crippen molar-refractivity contribution in [3.63, 3.8) is 0 Å². The molecule has 2 aromatic heterocycles. The van der Waals surface area contributed by atoms with E-state index in [1.807, 2.05) is 54.6 Å². The van der Waals surface area contributed by atoms with Gasteiger partial charge in [-0.05, 0) is 28.1 Å². The normalized spacial score (nSPS) is 15.2. The number of thioether (sulfide) groups is 1. The first-order valence-corrected chi connectivity index (χ1v) is 10.0. The van der Waals surface area contributed by atoms with Crippen molar-refractivity contribution in [2.45, 2.75) is 17.4 Å². The van der Waals surface area contributed by atoms with Crippen molar-refractivity contribution >= 4 is 17.7 Å². The molecular weight excluding hydrogens is 388 g/mol. The van der Waals surface area contributed by atoms with Gasteiger partial charge in [-0.3, -0.25) is 9.89 Å². The maximum absolute atomic E-state index is 12.8. The van der Waals surface area contributed by atoms with E-state index in [0.29, 0.717) is 23.8 Å². The number of nitrogens with one attached hydrogen (secondary N) is 2. The molecule has 9 nitrogen and oxygen atoms in total. The number of aromatic nitrogens is 7. The number of amides is 1. The number of carbonyl (C=O) groups is 1. The Kier molecular flexibility index (Phi) is 4.53. The molecular formula is C19H16N8OS. The summed E-state index contributed by atoms with van der Waals surface area (Å²) < 4.78 is 1.67. The molecule has 0 saturated carbocycles. The maximum atomic E-state index is 12.8. The summed E-state index contributed by atoms with van der Waals surface area (Å²) in [4.78, 5) is 18.1. The highest BCUT2D eigenvalue weighted by molar-refractivity contribution is 7.99. The van der Waals surface area contributed by atoms with Gasteiger partial charge in [0.15, 0.2) is 5.82 Å². The Hall–Kier alpha value is -3.53. The van der Waals surface area contributed by atoms with Crippen molar-refractivity contribution < 1.29 is 4.79 Å². The molecule has 1 amide bonds. The summed E-state index contributed by atoms with van der Waals surface area (Å²) in [5.41, 5.74) is 1.99. The zero-order valence-electron chi connectivity index (χ0n) is 15.2. The highest BCUT2D eigenvalue weighted by Gasteiger charge is 2.28. The average Bonchev–Trinajstić information content (AvgIpc) is 3.39. The summed E-state index contributed by atoms with van der Waals surface area (Å²) >= 11 is 1.63. The minimum Gasteiger partial charge on any atom is -0.338 e. The molecule has 2 N–H and O–H groups in total. The van der Waals surface area contributed by atoms with Crippen LogP contribution in [0.3, 0.4) is 0 Å². The second-order valence-corrected chi connectivity index (χ2v) is 7.58. The van der Waals surface area contributed by atoms with Crippen LogP contribution in [0.5, 0.6) is 0 Å². The zero-order chi connectivity index (χ0) is 19.6. The topological polar surface area (TPSA) is 114 Å². The van der Waals surface area contributed by atoms with E-state index in [0.717, 1.165) is 16.1 Å². The number of aromatic amines is 1. The van der Waals surface area contributed by atoms with Crippen LogP contribution in [0.4, 0.5) is 0 Å². The first-order valence-electron chi connectivity index (χ1n) is 9.04. The van der Waals surface area contributed by atoms with Gasteiger partial charge in [0.1, 0.15) is 11.9 Å². The Labute approximate surface area is 169 Å². The van der Waals surface area contributed by atoms with E-state index in [9.17, 15) is 4.79 Å². The number of para-hydroxylation sites is 1.